The van der Waals surface area contributed by atoms with Gasteiger partial charge in [0.1, 0.15) is 5.60 Å². The molecule has 150 valence electrons. The lowest BCUT2D eigenvalue weighted by atomic mass is 9.79. The highest BCUT2D eigenvalue weighted by atomic mass is 16.6. The first-order chi connectivity index (χ1) is 13.0. The average Bonchev–Trinajstić information content (AvgIpc) is 2.68. The standard InChI is InChI=1S/C22H33NO4/c1-4-17-12-13-22(26-2,20(24)14-17)16-19(15-21(25)23-27-3)11-10-18-8-6-5-7-9-18/h8,12-14,19H,4-7,9-11,15-16H2,1-3H3,(H,23,25). The van der Waals surface area contributed by atoms with Crippen molar-refractivity contribution < 1.29 is 19.2 Å². The van der Waals surface area contributed by atoms with Gasteiger partial charge < -0.3 is 4.74 Å². The fraction of sp³-hybridized carbons (Fsp3) is 0.636. The van der Waals surface area contributed by atoms with Crippen LogP contribution in [0.5, 0.6) is 0 Å². The first-order valence-electron chi connectivity index (χ1n) is 10.0. The number of ether oxygens (including phenoxy) is 1. The zero-order valence-corrected chi connectivity index (χ0v) is 16.9. The van der Waals surface area contributed by atoms with Crippen LogP contribution < -0.4 is 5.48 Å². The van der Waals surface area contributed by atoms with E-state index in [9.17, 15) is 9.59 Å². The van der Waals surface area contributed by atoms with Crippen LogP contribution >= 0.6 is 0 Å². The second-order valence-corrected chi connectivity index (χ2v) is 7.51. The normalized spacial score (nSPS) is 23.6. The van der Waals surface area contributed by atoms with Gasteiger partial charge >= 0.3 is 0 Å². The molecule has 0 heterocycles. The highest BCUT2D eigenvalue weighted by Crippen LogP contribution is 2.34. The Bertz CT molecular complexity index is 620. The van der Waals surface area contributed by atoms with Gasteiger partial charge in [-0.3, -0.25) is 14.4 Å². The lowest BCUT2D eigenvalue weighted by Crippen LogP contribution is -2.42. The van der Waals surface area contributed by atoms with Crippen molar-refractivity contribution >= 4 is 11.7 Å². The number of carbonyl (C=O) groups is 2. The molecular weight excluding hydrogens is 342 g/mol. The summed E-state index contributed by atoms with van der Waals surface area (Å²) in [5, 5.41) is 0. The second kappa shape index (κ2) is 10.6. The van der Waals surface area contributed by atoms with Gasteiger partial charge in [-0.1, -0.05) is 24.6 Å². The molecule has 0 aromatic carbocycles. The summed E-state index contributed by atoms with van der Waals surface area (Å²) in [6.45, 7) is 2.03. The van der Waals surface area contributed by atoms with E-state index in [0.717, 1.165) is 37.7 Å². The van der Waals surface area contributed by atoms with Gasteiger partial charge in [0.15, 0.2) is 5.78 Å². The molecule has 0 aliphatic heterocycles. The Hall–Kier alpha value is -1.72. The van der Waals surface area contributed by atoms with Gasteiger partial charge in [-0.2, -0.15) is 0 Å². The molecular formula is C22H33NO4. The third-order valence-electron chi connectivity index (χ3n) is 5.61. The second-order valence-electron chi connectivity index (χ2n) is 7.51. The van der Waals surface area contributed by atoms with Crippen molar-refractivity contribution in [3.8, 4) is 0 Å². The van der Waals surface area contributed by atoms with Gasteiger partial charge in [0.25, 0.3) is 0 Å². The summed E-state index contributed by atoms with van der Waals surface area (Å²) in [7, 11) is 3.00. The van der Waals surface area contributed by atoms with E-state index in [2.05, 4.69) is 11.6 Å². The lowest BCUT2D eigenvalue weighted by molar-refractivity contribution is -0.136. The number of amides is 1. The van der Waals surface area contributed by atoms with Crippen molar-refractivity contribution in [1.29, 1.82) is 0 Å². The van der Waals surface area contributed by atoms with Crippen molar-refractivity contribution in [3.05, 3.63) is 35.5 Å². The molecule has 0 bridgehead atoms. The molecule has 27 heavy (non-hydrogen) atoms. The third kappa shape index (κ3) is 6.15. The van der Waals surface area contributed by atoms with Gasteiger partial charge in [0.05, 0.1) is 7.11 Å². The predicted octanol–water partition coefficient (Wildman–Crippen LogP) is 4.20. The largest absolute Gasteiger partial charge is 0.366 e. The van der Waals surface area contributed by atoms with E-state index in [0.29, 0.717) is 12.8 Å². The van der Waals surface area contributed by atoms with Crippen molar-refractivity contribution in [1.82, 2.24) is 5.48 Å². The van der Waals surface area contributed by atoms with Crippen molar-refractivity contribution in [2.24, 2.45) is 5.92 Å². The summed E-state index contributed by atoms with van der Waals surface area (Å²) in [5.41, 5.74) is 3.91. The molecule has 0 aromatic rings. The maximum absolute atomic E-state index is 12.8. The number of nitrogens with one attached hydrogen (secondary N) is 1. The van der Waals surface area contributed by atoms with E-state index >= 15 is 0 Å². The molecule has 1 N–H and O–H groups in total. The summed E-state index contributed by atoms with van der Waals surface area (Å²) in [6.07, 6.45) is 16.1. The molecule has 0 spiro atoms. The Balaban J connectivity index is 2.10. The van der Waals surface area contributed by atoms with E-state index in [1.807, 2.05) is 19.1 Å². The van der Waals surface area contributed by atoms with Gasteiger partial charge in [-0.15, -0.1) is 0 Å². The van der Waals surface area contributed by atoms with Crippen LogP contribution in [-0.4, -0.2) is 31.5 Å². The Morgan fingerprint density at radius 2 is 2.15 bits per heavy atom. The van der Waals surface area contributed by atoms with E-state index in [1.165, 1.54) is 25.5 Å². The van der Waals surface area contributed by atoms with Crippen LogP contribution in [0.25, 0.3) is 0 Å². The molecule has 2 aliphatic rings. The van der Waals surface area contributed by atoms with Crippen molar-refractivity contribution in [2.45, 2.75) is 70.3 Å². The summed E-state index contributed by atoms with van der Waals surface area (Å²) in [4.78, 5) is 29.7. The summed E-state index contributed by atoms with van der Waals surface area (Å²) < 4.78 is 5.69. The number of ketones is 1. The van der Waals surface area contributed by atoms with Gasteiger partial charge in [0.2, 0.25) is 5.91 Å². The molecule has 0 fully saturated rings. The highest BCUT2D eigenvalue weighted by molar-refractivity contribution is 6.01. The van der Waals surface area contributed by atoms with Crippen molar-refractivity contribution in [2.75, 3.05) is 14.2 Å². The molecule has 2 unspecified atom stereocenters. The van der Waals surface area contributed by atoms with Gasteiger partial charge in [-0.05, 0) is 75.0 Å². The molecule has 0 radical (unpaired) electrons. The molecule has 2 atom stereocenters. The fourth-order valence-electron chi connectivity index (χ4n) is 3.95. The Morgan fingerprint density at radius 3 is 2.74 bits per heavy atom. The van der Waals surface area contributed by atoms with Crippen LogP contribution in [0.3, 0.4) is 0 Å². The van der Waals surface area contributed by atoms with Crippen LogP contribution in [0.4, 0.5) is 0 Å². The number of hydrogen-bond acceptors (Lipinski definition) is 4. The van der Waals surface area contributed by atoms with Gasteiger partial charge in [-0.25, -0.2) is 5.48 Å². The molecule has 0 saturated heterocycles. The van der Waals surface area contributed by atoms with Gasteiger partial charge in [0, 0.05) is 13.5 Å². The van der Waals surface area contributed by atoms with Crippen molar-refractivity contribution in [3.63, 3.8) is 0 Å². The quantitative estimate of drug-likeness (QED) is 0.459. The maximum atomic E-state index is 12.8. The third-order valence-corrected chi connectivity index (χ3v) is 5.61. The molecule has 1 amide bonds. The first-order valence-corrected chi connectivity index (χ1v) is 10.0. The first kappa shape index (κ1) is 21.6. The van der Waals surface area contributed by atoms with E-state index in [4.69, 9.17) is 9.57 Å². The van der Waals surface area contributed by atoms with Crippen LogP contribution in [0.15, 0.2) is 35.5 Å². The predicted molar refractivity (Wildman–Crippen MR) is 106 cm³/mol. The average molecular weight is 376 g/mol. The zero-order valence-electron chi connectivity index (χ0n) is 16.9. The maximum Gasteiger partial charge on any atom is 0.243 e. The minimum atomic E-state index is -0.975. The fourth-order valence-corrected chi connectivity index (χ4v) is 3.95. The molecule has 2 rings (SSSR count). The number of rotatable bonds is 10. The Kier molecular flexibility index (Phi) is 8.45. The number of carbonyl (C=O) groups excluding carboxylic acids is 2. The molecule has 0 aromatic heterocycles. The van der Waals surface area contributed by atoms with E-state index in [-0.39, 0.29) is 17.6 Å². The Labute approximate surface area is 162 Å². The SMILES string of the molecule is CCC1=CC(=O)C(CC(CCC2=CCCCC2)CC(=O)NOC)(OC)C=C1. The molecule has 0 saturated carbocycles. The lowest BCUT2D eigenvalue weighted by Gasteiger charge is -2.33. The Morgan fingerprint density at radius 1 is 1.33 bits per heavy atom. The summed E-state index contributed by atoms with van der Waals surface area (Å²) in [6, 6.07) is 0. The van der Waals surface area contributed by atoms with Crippen LogP contribution in [-0.2, 0) is 19.2 Å². The topological polar surface area (TPSA) is 64.6 Å². The zero-order chi connectivity index (χ0) is 19.7. The molecule has 5 heteroatoms. The number of methoxy groups -OCH3 is 1. The van der Waals surface area contributed by atoms with E-state index < -0.39 is 5.60 Å². The number of allylic oxidation sites excluding steroid dienone is 4. The monoisotopic (exact) mass is 375 g/mol. The molecule has 2 aliphatic carbocycles. The summed E-state index contributed by atoms with van der Waals surface area (Å²) >= 11 is 0. The van der Waals surface area contributed by atoms with E-state index in [1.54, 1.807) is 13.2 Å². The summed E-state index contributed by atoms with van der Waals surface area (Å²) in [5.74, 6) is -0.158. The minimum Gasteiger partial charge on any atom is -0.366 e. The van der Waals surface area contributed by atoms with Crippen LogP contribution in [0, 0.1) is 5.92 Å². The number of hydroxylamine groups is 1. The molecule has 5 nitrogen and oxygen atoms in total. The number of hydrogen-bond donors (Lipinski definition) is 1. The highest BCUT2D eigenvalue weighted by Gasteiger charge is 2.39. The van der Waals surface area contributed by atoms with Crippen LogP contribution in [0.1, 0.15) is 64.7 Å². The smallest absolute Gasteiger partial charge is 0.243 e. The van der Waals surface area contributed by atoms with Crippen LogP contribution in [0.2, 0.25) is 0 Å². The minimum absolute atomic E-state index is 0.0293.